The van der Waals surface area contributed by atoms with E-state index in [2.05, 4.69) is 5.92 Å². The first-order valence-electron chi connectivity index (χ1n) is 4.84. The molecule has 0 aliphatic carbocycles. The van der Waals surface area contributed by atoms with Crippen molar-refractivity contribution in [2.45, 2.75) is 0 Å². The minimum absolute atomic E-state index is 0.0557. The Bertz CT molecular complexity index is 520. The highest BCUT2D eigenvalue weighted by atomic mass is 35.5. The number of methoxy groups -OCH3 is 1. The number of hydrogen-bond donors (Lipinski definition) is 0. The zero-order valence-corrected chi connectivity index (χ0v) is 10.3. The topological polar surface area (TPSA) is 61.6 Å². The molecule has 0 fully saturated rings. The Morgan fingerprint density at radius 3 is 2.89 bits per heavy atom. The lowest BCUT2D eigenvalue weighted by molar-refractivity contribution is -0.400. The van der Waals surface area contributed by atoms with Gasteiger partial charge in [-0.15, -0.1) is 6.42 Å². The molecule has 1 rings (SSSR count). The highest BCUT2D eigenvalue weighted by Crippen LogP contribution is 2.36. The number of nitro groups is 1. The van der Waals surface area contributed by atoms with Crippen LogP contribution >= 0.6 is 11.6 Å². The van der Waals surface area contributed by atoms with E-state index in [4.69, 9.17) is 27.5 Å². The lowest BCUT2D eigenvalue weighted by Gasteiger charge is -2.11. The second kappa shape index (κ2) is 6.52. The average Bonchev–Trinajstić information content (AvgIpc) is 2.34. The van der Waals surface area contributed by atoms with E-state index in [9.17, 15) is 10.1 Å². The number of rotatable bonds is 5. The fourth-order valence-corrected chi connectivity index (χ4v) is 1.51. The van der Waals surface area contributed by atoms with Gasteiger partial charge in [-0.05, 0) is 17.7 Å². The quantitative estimate of drug-likeness (QED) is 0.467. The van der Waals surface area contributed by atoms with Crippen molar-refractivity contribution < 1.29 is 14.4 Å². The smallest absolute Gasteiger partial charge is 0.235 e. The number of halogens is 1. The number of ether oxygens (including phenoxy) is 2. The van der Waals surface area contributed by atoms with Crippen LogP contribution in [0.1, 0.15) is 5.56 Å². The summed E-state index contributed by atoms with van der Waals surface area (Å²) in [5.74, 6) is 2.99. The number of benzene rings is 1. The van der Waals surface area contributed by atoms with Gasteiger partial charge in [0.1, 0.15) is 6.61 Å². The number of nitrogens with zero attached hydrogens (tertiary/aromatic N) is 1. The predicted molar refractivity (Wildman–Crippen MR) is 68.4 cm³/mol. The summed E-state index contributed by atoms with van der Waals surface area (Å²) < 4.78 is 10.3. The monoisotopic (exact) mass is 267 g/mol. The van der Waals surface area contributed by atoms with E-state index >= 15 is 0 Å². The van der Waals surface area contributed by atoms with Crippen molar-refractivity contribution in [1.29, 1.82) is 0 Å². The second-order valence-corrected chi connectivity index (χ2v) is 3.54. The second-order valence-electron chi connectivity index (χ2n) is 3.13. The summed E-state index contributed by atoms with van der Waals surface area (Å²) in [4.78, 5) is 9.66. The first kappa shape index (κ1) is 13.9. The van der Waals surface area contributed by atoms with Crippen molar-refractivity contribution in [3.8, 4) is 23.8 Å². The van der Waals surface area contributed by atoms with Gasteiger partial charge in [-0.1, -0.05) is 17.5 Å². The van der Waals surface area contributed by atoms with E-state index in [-0.39, 0.29) is 11.6 Å². The van der Waals surface area contributed by atoms with E-state index in [1.165, 1.54) is 19.3 Å². The molecule has 0 amide bonds. The van der Waals surface area contributed by atoms with Crippen LogP contribution < -0.4 is 9.47 Å². The van der Waals surface area contributed by atoms with Gasteiger partial charge in [0.25, 0.3) is 0 Å². The Labute approximate surface area is 109 Å². The van der Waals surface area contributed by atoms with E-state index in [1.807, 2.05) is 0 Å². The van der Waals surface area contributed by atoms with Crippen LogP contribution in [-0.2, 0) is 0 Å². The van der Waals surface area contributed by atoms with Gasteiger partial charge >= 0.3 is 0 Å². The molecular weight excluding hydrogens is 258 g/mol. The maximum atomic E-state index is 10.2. The summed E-state index contributed by atoms with van der Waals surface area (Å²) in [5.41, 5.74) is 0.529. The molecule has 5 nitrogen and oxygen atoms in total. The van der Waals surface area contributed by atoms with Gasteiger partial charge in [0.05, 0.1) is 17.1 Å². The molecule has 0 heterocycles. The van der Waals surface area contributed by atoms with Gasteiger partial charge in [0.2, 0.25) is 6.20 Å². The minimum Gasteiger partial charge on any atom is -0.493 e. The van der Waals surface area contributed by atoms with Crippen LogP contribution in [0.4, 0.5) is 0 Å². The van der Waals surface area contributed by atoms with Gasteiger partial charge in [-0.2, -0.15) is 0 Å². The summed E-state index contributed by atoms with van der Waals surface area (Å²) in [7, 11) is 1.44. The largest absolute Gasteiger partial charge is 0.493 e. The van der Waals surface area contributed by atoms with Gasteiger partial charge in [-0.25, -0.2) is 0 Å². The Balaban J connectivity index is 3.10. The van der Waals surface area contributed by atoms with Crippen LogP contribution in [0.15, 0.2) is 18.3 Å². The SMILES string of the molecule is C#CCOc1c(Cl)cc(C=C[N+](=O)[O-])cc1OC. The van der Waals surface area contributed by atoms with E-state index in [0.29, 0.717) is 17.1 Å². The first-order chi connectivity index (χ1) is 8.58. The molecule has 0 saturated carbocycles. The van der Waals surface area contributed by atoms with Gasteiger partial charge < -0.3 is 9.47 Å². The molecule has 1 aromatic carbocycles. The van der Waals surface area contributed by atoms with Crippen LogP contribution in [0.5, 0.6) is 11.5 Å². The average molecular weight is 268 g/mol. The van der Waals surface area contributed by atoms with Crippen molar-refractivity contribution in [3.63, 3.8) is 0 Å². The summed E-state index contributed by atoms with van der Waals surface area (Å²) in [5, 5.41) is 10.5. The van der Waals surface area contributed by atoms with E-state index < -0.39 is 4.92 Å². The maximum Gasteiger partial charge on any atom is 0.235 e. The summed E-state index contributed by atoms with van der Waals surface area (Å²) >= 11 is 5.99. The fraction of sp³-hybridized carbons (Fsp3) is 0.167. The molecule has 94 valence electrons. The van der Waals surface area contributed by atoms with Crippen molar-refractivity contribution in [1.82, 2.24) is 0 Å². The molecular formula is C12H10ClNO4. The molecule has 0 atom stereocenters. The van der Waals surface area contributed by atoms with Crippen molar-refractivity contribution in [3.05, 3.63) is 39.0 Å². The summed E-state index contributed by atoms with van der Waals surface area (Å²) in [6.07, 6.45) is 7.20. The Morgan fingerprint density at radius 2 is 2.33 bits per heavy atom. The highest BCUT2D eigenvalue weighted by molar-refractivity contribution is 6.32. The molecule has 0 aliphatic heterocycles. The molecule has 0 aromatic heterocycles. The van der Waals surface area contributed by atoms with Gasteiger partial charge in [-0.3, -0.25) is 10.1 Å². The molecule has 18 heavy (non-hydrogen) atoms. The third kappa shape index (κ3) is 3.68. The maximum absolute atomic E-state index is 10.2. The van der Waals surface area contributed by atoms with Crippen LogP contribution in [0.25, 0.3) is 6.08 Å². The molecule has 6 heteroatoms. The van der Waals surface area contributed by atoms with Crippen molar-refractivity contribution in [2.75, 3.05) is 13.7 Å². The molecule has 0 radical (unpaired) electrons. The zero-order chi connectivity index (χ0) is 13.5. The molecule has 0 aliphatic rings. The lowest BCUT2D eigenvalue weighted by Crippen LogP contribution is -1.98. The molecule has 0 saturated heterocycles. The molecule has 0 bridgehead atoms. The Kier molecular flexibility index (Phi) is 5.03. The van der Waals surface area contributed by atoms with Crippen molar-refractivity contribution in [2.24, 2.45) is 0 Å². The summed E-state index contributed by atoms with van der Waals surface area (Å²) in [6, 6.07) is 3.09. The van der Waals surface area contributed by atoms with Crippen LogP contribution in [0.2, 0.25) is 5.02 Å². The molecule has 0 spiro atoms. The first-order valence-corrected chi connectivity index (χ1v) is 5.21. The van der Waals surface area contributed by atoms with Crippen LogP contribution in [-0.4, -0.2) is 18.6 Å². The molecule has 1 aromatic rings. The molecule has 0 unspecified atom stereocenters. The zero-order valence-electron chi connectivity index (χ0n) is 9.55. The Hall–Kier alpha value is -2.19. The predicted octanol–water partition coefficient (Wildman–Crippen LogP) is 2.61. The van der Waals surface area contributed by atoms with Gasteiger partial charge in [0.15, 0.2) is 11.5 Å². The van der Waals surface area contributed by atoms with E-state index in [0.717, 1.165) is 6.20 Å². The van der Waals surface area contributed by atoms with Crippen LogP contribution in [0.3, 0.4) is 0 Å². The third-order valence-electron chi connectivity index (χ3n) is 1.94. The normalized spacial score (nSPS) is 10.1. The van der Waals surface area contributed by atoms with Crippen LogP contribution in [0, 0.1) is 22.5 Å². The third-order valence-corrected chi connectivity index (χ3v) is 2.22. The highest BCUT2D eigenvalue weighted by Gasteiger charge is 2.11. The Morgan fingerprint density at radius 1 is 1.61 bits per heavy atom. The number of terminal acetylenes is 1. The lowest BCUT2D eigenvalue weighted by atomic mass is 10.2. The molecule has 0 N–H and O–H groups in total. The van der Waals surface area contributed by atoms with Gasteiger partial charge in [0, 0.05) is 6.08 Å². The minimum atomic E-state index is -0.566. The fourth-order valence-electron chi connectivity index (χ4n) is 1.24. The standard InChI is InChI=1S/C12H10ClNO4/c1-3-6-18-12-10(13)7-9(4-5-14(15)16)8-11(12)17-2/h1,4-5,7-8H,6H2,2H3. The summed E-state index contributed by atoms with van der Waals surface area (Å²) in [6.45, 7) is 0.0557. The van der Waals surface area contributed by atoms with E-state index in [1.54, 1.807) is 6.07 Å². The van der Waals surface area contributed by atoms with Crippen molar-refractivity contribution >= 4 is 17.7 Å². The number of hydrogen-bond acceptors (Lipinski definition) is 4.